The molecule has 1 atom stereocenters. The second kappa shape index (κ2) is 8.62. The molecule has 32 heavy (non-hydrogen) atoms. The lowest BCUT2D eigenvalue weighted by atomic mass is 9.99. The van der Waals surface area contributed by atoms with Gasteiger partial charge in [-0.3, -0.25) is 14.5 Å². The summed E-state index contributed by atoms with van der Waals surface area (Å²) in [6, 6.07) is 11.5. The number of thiophene rings is 1. The molecule has 0 aliphatic carbocycles. The minimum atomic E-state index is -0.807. The van der Waals surface area contributed by atoms with Crippen LogP contribution >= 0.6 is 34.5 Å². The van der Waals surface area contributed by atoms with E-state index in [9.17, 15) is 14.7 Å². The Labute approximate surface area is 199 Å². The van der Waals surface area contributed by atoms with Crippen LogP contribution in [0.25, 0.3) is 5.76 Å². The highest BCUT2D eigenvalue weighted by molar-refractivity contribution is 7.10. The van der Waals surface area contributed by atoms with Crippen molar-refractivity contribution in [3.05, 3.63) is 85.0 Å². The maximum absolute atomic E-state index is 13.2. The molecule has 1 fully saturated rings. The van der Waals surface area contributed by atoms with Crippen LogP contribution in [0, 0.1) is 13.8 Å². The Bertz CT molecular complexity index is 1250. The van der Waals surface area contributed by atoms with Gasteiger partial charge in [-0.1, -0.05) is 35.3 Å². The van der Waals surface area contributed by atoms with Gasteiger partial charge in [0, 0.05) is 15.6 Å². The van der Waals surface area contributed by atoms with Gasteiger partial charge in [-0.25, -0.2) is 0 Å². The number of nitrogens with zero attached hydrogens (tertiary/aromatic N) is 1. The van der Waals surface area contributed by atoms with Crippen molar-refractivity contribution in [3.8, 4) is 5.75 Å². The van der Waals surface area contributed by atoms with Gasteiger partial charge < -0.3 is 9.84 Å². The summed E-state index contributed by atoms with van der Waals surface area (Å²) >= 11 is 13.8. The molecule has 1 aliphatic heterocycles. The number of ketones is 1. The predicted octanol–water partition coefficient (Wildman–Crippen LogP) is 6.31. The van der Waals surface area contributed by atoms with Crippen molar-refractivity contribution in [3.63, 3.8) is 0 Å². The van der Waals surface area contributed by atoms with Gasteiger partial charge in [-0.15, -0.1) is 11.3 Å². The molecule has 1 saturated heterocycles. The van der Waals surface area contributed by atoms with Crippen LogP contribution in [0.2, 0.25) is 10.0 Å². The summed E-state index contributed by atoms with van der Waals surface area (Å²) in [5, 5.41) is 13.6. The number of ether oxygens (including phenoxy) is 1. The van der Waals surface area contributed by atoms with Crippen molar-refractivity contribution < 1.29 is 19.4 Å². The molecule has 1 unspecified atom stereocenters. The first-order valence-corrected chi connectivity index (χ1v) is 11.3. The van der Waals surface area contributed by atoms with Crippen LogP contribution < -0.4 is 9.64 Å². The Kier molecular flexibility index (Phi) is 6.03. The Morgan fingerprint density at radius 1 is 1.09 bits per heavy atom. The number of aliphatic hydroxyl groups excluding tert-OH is 1. The van der Waals surface area contributed by atoms with Gasteiger partial charge >= 0.3 is 0 Å². The number of methoxy groups -OCH3 is 1. The van der Waals surface area contributed by atoms with Crippen LogP contribution in [0.15, 0.2) is 53.4 Å². The van der Waals surface area contributed by atoms with E-state index in [-0.39, 0.29) is 26.9 Å². The number of aryl methyl sites for hydroxylation is 2. The Morgan fingerprint density at radius 2 is 1.78 bits per heavy atom. The summed E-state index contributed by atoms with van der Waals surface area (Å²) in [5.74, 6) is -1.74. The molecule has 1 amide bonds. The number of hydrogen-bond donors (Lipinski definition) is 1. The van der Waals surface area contributed by atoms with Gasteiger partial charge in [0.25, 0.3) is 11.7 Å². The quantitative estimate of drug-likeness (QED) is 0.266. The molecule has 1 aromatic heterocycles. The molecule has 2 heterocycles. The van der Waals surface area contributed by atoms with Crippen LogP contribution in [-0.4, -0.2) is 23.9 Å². The lowest BCUT2D eigenvalue weighted by Crippen LogP contribution is -2.29. The molecular weight excluding hydrogens is 469 g/mol. The second-order valence-corrected chi connectivity index (χ2v) is 9.32. The normalized spacial score (nSPS) is 17.8. The number of hydrogen-bond acceptors (Lipinski definition) is 5. The molecule has 0 bridgehead atoms. The molecule has 8 heteroatoms. The van der Waals surface area contributed by atoms with Crippen LogP contribution in [0.1, 0.15) is 27.6 Å². The van der Waals surface area contributed by atoms with E-state index >= 15 is 0 Å². The molecule has 0 saturated carbocycles. The number of amides is 1. The fraction of sp³-hybridized carbons (Fsp3) is 0.167. The van der Waals surface area contributed by atoms with Crippen molar-refractivity contribution in [1.82, 2.24) is 0 Å². The SMILES string of the molecule is COc1c(Cl)cc(Cl)cc1/C(O)=C1/C(=O)C(=O)N(c2cc(C)cc(C)c2)C1c1cccs1. The molecule has 3 aromatic rings. The fourth-order valence-corrected chi connectivity index (χ4v) is 5.39. The van der Waals surface area contributed by atoms with Gasteiger partial charge in [0.1, 0.15) is 17.6 Å². The minimum absolute atomic E-state index is 0.0479. The summed E-state index contributed by atoms with van der Waals surface area (Å²) in [6.07, 6.45) is 0. The number of carbonyl (C=O) groups excluding carboxylic acids is 2. The van der Waals surface area contributed by atoms with Crippen molar-refractivity contribution in [1.29, 1.82) is 0 Å². The van der Waals surface area contributed by atoms with Crippen LogP contribution in [0.5, 0.6) is 5.75 Å². The largest absolute Gasteiger partial charge is 0.507 e. The second-order valence-electron chi connectivity index (χ2n) is 7.50. The topological polar surface area (TPSA) is 66.8 Å². The zero-order valence-corrected chi connectivity index (χ0v) is 19.8. The first kappa shape index (κ1) is 22.4. The van der Waals surface area contributed by atoms with E-state index in [0.717, 1.165) is 16.0 Å². The number of halogens is 2. The molecule has 1 aliphatic rings. The van der Waals surface area contributed by atoms with Crippen molar-refractivity contribution in [2.45, 2.75) is 19.9 Å². The Morgan fingerprint density at radius 3 is 2.38 bits per heavy atom. The number of benzene rings is 2. The molecule has 2 aromatic carbocycles. The third kappa shape index (κ3) is 3.79. The first-order valence-electron chi connectivity index (χ1n) is 9.69. The van der Waals surface area contributed by atoms with E-state index in [1.165, 1.54) is 35.5 Å². The molecule has 1 N–H and O–H groups in total. The Balaban J connectivity index is 2.00. The van der Waals surface area contributed by atoms with Gasteiger partial charge in [0.2, 0.25) is 0 Å². The average molecular weight is 488 g/mol. The van der Waals surface area contributed by atoms with E-state index < -0.39 is 23.5 Å². The van der Waals surface area contributed by atoms with Crippen LogP contribution in [0.3, 0.4) is 0 Å². The average Bonchev–Trinajstić information content (AvgIpc) is 3.33. The van der Waals surface area contributed by atoms with E-state index in [1.54, 1.807) is 0 Å². The third-order valence-electron chi connectivity index (χ3n) is 5.21. The smallest absolute Gasteiger partial charge is 0.300 e. The lowest BCUT2D eigenvalue weighted by Gasteiger charge is -2.25. The molecule has 4 rings (SSSR count). The van der Waals surface area contributed by atoms with Crippen LogP contribution in [-0.2, 0) is 9.59 Å². The number of Topliss-reactive ketones (excluding diaryl/α,β-unsaturated/α-hetero) is 1. The zero-order valence-electron chi connectivity index (χ0n) is 17.5. The number of anilines is 1. The molecule has 0 radical (unpaired) electrons. The van der Waals surface area contributed by atoms with Crippen molar-refractivity contribution >= 4 is 57.7 Å². The summed E-state index contributed by atoms with van der Waals surface area (Å²) in [6.45, 7) is 3.85. The highest BCUT2D eigenvalue weighted by Crippen LogP contribution is 2.46. The predicted molar refractivity (Wildman–Crippen MR) is 128 cm³/mol. The third-order valence-corrected chi connectivity index (χ3v) is 6.63. The minimum Gasteiger partial charge on any atom is -0.507 e. The van der Waals surface area contributed by atoms with E-state index in [1.807, 2.05) is 49.6 Å². The van der Waals surface area contributed by atoms with Gasteiger partial charge in [0.15, 0.2) is 0 Å². The van der Waals surface area contributed by atoms with E-state index in [0.29, 0.717) is 5.69 Å². The number of rotatable bonds is 4. The van der Waals surface area contributed by atoms with Crippen LogP contribution in [0.4, 0.5) is 5.69 Å². The maximum atomic E-state index is 13.2. The maximum Gasteiger partial charge on any atom is 0.300 e. The molecule has 164 valence electrons. The number of carbonyl (C=O) groups is 2. The highest BCUT2D eigenvalue weighted by Gasteiger charge is 2.47. The first-order chi connectivity index (χ1) is 15.2. The summed E-state index contributed by atoms with van der Waals surface area (Å²) in [7, 11) is 1.40. The monoisotopic (exact) mass is 487 g/mol. The van der Waals surface area contributed by atoms with Crippen molar-refractivity contribution in [2.75, 3.05) is 12.0 Å². The highest BCUT2D eigenvalue weighted by atomic mass is 35.5. The summed E-state index contributed by atoms with van der Waals surface area (Å²) < 4.78 is 5.35. The van der Waals surface area contributed by atoms with Gasteiger partial charge in [-0.05, 0) is 60.7 Å². The van der Waals surface area contributed by atoms with E-state index in [2.05, 4.69) is 0 Å². The molecule has 5 nitrogen and oxygen atoms in total. The summed E-state index contributed by atoms with van der Waals surface area (Å²) in [4.78, 5) is 28.6. The Hall–Kier alpha value is -2.80. The standard InChI is InChI=1S/C24H19Cl2NO4S/c1-12-7-13(2)9-15(8-12)27-20(18-5-4-6-32-18)19(22(29)24(27)30)21(28)16-10-14(25)11-17(26)23(16)31-3/h4-11,20,28H,1-3H3/b21-19-. The fourth-order valence-electron chi connectivity index (χ4n) is 3.99. The lowest BCUT2D eigenvalue weighted by molar-refractivity contribution is -0.132. The van der Waals surface area contributed by atoms with Gasteiger partial charge in [0.05, 0.1) is 23.3 Å². The number of aliphatic hydroxyl groups is 1. The van der Waals surface area contributed by atoms with Crippen molar-refractivity contribution in [2.24, 2.45) is 0 Å². The molecule has 0 spiro atoms. The molecular formula is C24H19Cl2NO4S. The van der Waals surface area contributed by atoms with Gasteiger partial charge in [-0.2, -0.15) is 0 Å². The summed E-state index contributed by atoms with van der Waals surface area (Å²) in [5.41, 5.74) is 2.58. The van der Waals surface area contributed by atoms with E-state index in [4.69, 9.17) is 27.9 Å². The zero-order chi connectivity index (χ0) is 23.2.